The van der Waals surface area contributed by atoms with Crippen LogP contribution in [0.2, 0.25) is 0 Å². The van der Waals surface area contributed by atoms with Crippen LogP contribution >= 0.6 is 0 Å². The van der Waals surface area contributed by atoms with Crippen molar-refractivity contribution in [1.82, 2.24) is 5.32 Å². The highest BCUT2D eigenvalue weighted by molar-refractivity contribution is 5.94. The molecule has 1 aromatic rings. The topological polar surface area (TPSA) is 38.3 Å². The number of halogens is 3. The smallest absolute Gasteiger partial charge is 0.406 e. The molecule has 0 saturated heterocycles. The van der Waals surface area contributed by atoms with Crippen LogP contribution in [0.3, 0.4) is 0 Å². The SMILES string of the molecule is CC[C@H]1CC2C3CCC([C@H](C)CNC(=O)c4cccc(OC(F)(F)F)c4)C3(C)CC[C@@H]2C2(C)CCCCC12. The Kier molecular flexibility index (Phi) is 7.58. The van der Waals surface area contributed by atoms with E-state index < -0.39 is 6.36 Å². The normalized spacial score (nSPS) is 39.4. The van der Waals surface area contributed by atoms with E-state index in [1.54, 1.807) is 0 Å². The number of carbonyl (C=O) groups is 1. The van der Waals surface area contributed by atoms with Gasteiger partial charge in [-0.15, -0.1) is 13.2 Å². The van der Waals surface area contributed by atoms with E-state index in [0.29, 0.717) is 29.2 Å². The van der Waals surface area contributed by atoms with Crippen molar-refractivity contribution in [1.29, 1.82) is 0 Å². The summed E-state index contributed by atoms with van der Waals surface area (Å²) in [6.45, 7) is 10.4. The molecule has 1 aromatic carbocycles. The summed E-state index contributed by atoms with van der Waals surface area (Å²) >= 11 is 0. The zero-order valence-corrected chi connectivity index (χ0v) is 23.6. The average molecular weight is 534 g/mol. The van der Waals surface area contributed by atoms with Gasteiger partial charge in [-0.1, -0.05) is 53.0 Å². The van der Waals surface area contributed by atoms with Gasteiger partial charge in [0.05, 0.1) is 0 Å². The Hall–Kier alpha value is -1.72. The van der Waals surface area contributed by atoms with Crippen LogP contribution in [0.4, 0.5) is 13.2 Å². The Morgan fingerprint density at radius 2 is 1.82 bits per heavy atom. The quantitative estimate of drug-likeness (QED) is 0.397. The largest absolute Gasteiger partial charge is 0.573 e. The molecule has 1 amide bonds. The summed E-state index contributed by atoms with van der Waals surface area (Å²) in [5, 5.41) is 3.02. The predicted octanol–water partition coefficient (Wildman–Crippen LogP) is 8.64. The van der Waals surface area contributed by atoms with Crippen molar-refractivity contribution in [2.75, 3.05) is 6.54 Å². The number of ether oxygens (including phenoxy) is 1. The summed E-state index contributed by atoms with van der Waals surface area (Å²) in [4.78, 5) is 12.8. The Morgan fingerprint density at radius 1 is 1.05 bits per heavy atom. The van der Waals surface area contributed by atoms with Crippen LogP contribution in [0.15, 0.2) is 24.3 Å². The van der Waals surface area contributed by atoms with Gasteiger partial charge in [-0.25, -0.2) is 0 Å². The van der Waals surface area contributed by atoms with E-state index in [0.717, 1.165) is 35.7 Å². The third kappa shape index (κ3) is 4.98. The molecule has 38 heavy (non-hydrogen) atoms. The molecule has 9 atom stereocenters. The van der Waals surface area contributed by atoms with E-state index in [1.165, 1.54) is 82.4 Å². The van der Waals surface area contributed by atoms with Crippen molar-refractivity contribution in [2.24, 2.45) is 52.3 Å². The maximum atomic E-state index is 12.8. The highest BCUT2D eigenvalue weighted by Gasteiger charge is 2.61. The van der Waals surface area contributed by atoms with Crippen LogP contribution < -0.4 is 10.1 Å². The van der Waals surface area contributed by atoms with Gasteiger partial charge in [0.15, 0.2) is 0 Å². The first-order valence-corrected chi connectivity index (χ1v) is 15.1. The molecular formula is C32H46F3NO2. The number of nitrogens with one attached hydrogen (secondary N) is 1. The highest BCUT2D eigenvalue weighted by atomic mass is 19.4. The lowest BCUT2D eigenvalue weighted by Crippen LogP contribution is -2.55. The van der Waals surface area contributed by atoms with Gasteiger partial charge in [0.25, 0.3) is 5.91 Å². The van der Waals surface area contributed by atoms with Gasteiger partial charge < -0.3 is 10.1 Å². The molecule has 0 spiro atoms. The van der Waals surface area contributed by atoms with Gasteiger partial charge in [-0.2, -0.15) is 0 Å². The van der Waals surface area contributed by atoms with Gasteiger partial charge >= 0.3 is 6.36 Å². The van der Waals surface area contributed by atoms with Crippen molar-refractivity contribution in [3.8, 4) is 5.75 Å². The molecule has 6 unspecified atom stereocenters. The van der Waals surface area contributed by atoms with Crippen LogP contribution in [-0.4, -0.2) is 18.8 Å². The van der Waals surface area contributed by atoms with Crippen LogP contribution in [0, 0.1) is 52.3 Å². The van der Waals surface area contributed by atoms with Crippen molar-refractivity contribution >= 4 is 5.91 Å². The molecule has 212 valence electrons. The Bertz CT molecular complexity index is 1010. The number of hydrogen-bond acceptors (Lipinski definition) is 2. The van der Waals surface area contributed by atoms with Gasteiger partial charge in [0.2, 0.25) is 0 Å². The van der Waals surface area contributed by atoms with E-state index in [4.69, 9.17) is 0 Å². The monoisotopic (exact) mass is 533 g/mol. The van der Waals surface area contributed by atoms with E-state index in [-0.39, 0.29) is 17.2 Å². The molecule has 5 rings (SSSR count). The molecule has 0 radical (unpaired) electrons. The summed E-state index contributed by atoms with van der Waals surface area (Å²) in [7, 11) is 0. The van der Waals surface area contributed by atoms with Crippen LogP contribution in [-0.2, 0) is 0 Å². The van der Waals surface area contributed by atoms with Crippen molar-refractivity contribution in [3.63, 3.8) is 0 Å². The Labute approximate surface area is 226 Å². The van der Waals surface area contributed by atoms with E-state index in [2.05, 4.69) is 37.7 Å². The highest BCUT2D eigenvalue weighted by Crippen LogP contribution is 2.69. The second-order valence-electron chi connectivity index (χ2n) is 13.6. The summed E-state index contributed by atoms with van der Waals surface area (Å²) in [5.41, 5.74) is 1.02. The van der Waals surface area contributed by atoms with Gasteiger partial charge in [-0.05, 0) is 115 Å². The number of rotatable bonds is 6. The third-order valence-corrected chi connectivity index (χ3v) is 12.0. The minimum absolute atomic E-state index is 0.193. The zero-order valence-electron chi connectivity index (χ0n) is 23.6. The number of benzene rings is 1. The molecule has 0 heterocycles. The first kappa shape index (κ1) is 27.8. The summed E-state index contributed by atoms with van der Waals surface area (Å²) in [6, 6.07) is 5.33. The lowest BCUT2D eigenvalue weighted by atomic mass is 9.42. The van der Waals surface area contributed by atoms with Crippen molar-refractivity contribution in [3.05, 3.63) is 29.8 Å². The lowest BCUT2D eigenvalue weighted by molar-refractivity contribution is -0.274. The Morgan fingerprint density at radius 3 is 2.55 bits per heavy atom. The van der Waals surface area contributed by atoms with Crippen LogP contribution in [0.5, 0.6) is 5.75 Å². The third-order valence-electron chi connectivity index (χ3n) is 12.0. The van der Waals surface area contributed by atoms with Crippen molar-refractivity contribution in [2.45, 2.75) is 98.3 Å². The van der Waals surface area contributed by atoms with E-state index in [9.17, 15) is 18.0 Å². The first-order valence-electron chi connectivity index (χ1n) is 15.1. The van der Waals surface area contributed by atoms with Gasteiger partial charge in [0.1, 0.15) is 5.75 Å². The molecule has 3 nitrogen and oxygen atoms in total. The van der Waals surface area contributed by atoms with Crippen LogP contribution in [0.25, 0.3) is 0 Å². The minimum atomic E-state index is -4.78. The van der Waals surface area contributed by atoms with Gasteiger partial charge in [-0.3, -0.25) is 4.79 Å². The molecule has 4 saturated carbocycles. The summed E-state index contributed by atoms with van der Waals surface area (Å²) in [5.74, 6) is 4.43. The van der Waals surface area contributed by atoms with E-state index >= 15 is 0 Å². The van der Waals surface area contributed by atoms with Crippen molar-refractivity contribution < 1.29 is 22.7 Å². The second-order valence-corrected chi connectivity index (χ2v) is 13.6. The maximum absolute atomic E-state index is 12.8. The van der Waals surface area contributed by atoms with Crippen LogP contribution in [0.1, 0.15) is 102 Å². The molecule has 4 fully saturated rings. The molecule has 0 aliphatic heterocycles. The fraction of sp³-hybridized carbons (Fsp3) is 0.781. The molecule has 1 N–H and O–H groups in total. The minimum Gasteiger partial charge on any atom is -0.406 e. The lowest BCUT2D eigenvalue weighted by Gasteiger charge is -2.63. The predicted molar refractivity (Wildman–Crippen MR) is 144 cm³/mol. The second kappa shape index (κ2) is 10.4. The molecule has 0 bridgehead atoms. The molecular weight excluding hydrogens is 487 g/mol. The number of carbonyl (C=O) groups excluding carboxylic acids is 1. The van der Waals surface area contributed by atoms with E-state index in [1.807, 2.05) is 0 Å². The molecule has 6 heteroatoms. The fourth-order valence-electron chi connectivity index (χ4n) is 10.3. The van der Waals surface area contributed by atoms with Gasteiger partial charge in [0, 0.05) is 12.1 Å². The average Bonchev–Trinajstić information content (AvgIpc) is 3.23. The number of fused-ring (bicyclic) bond motifs is 5. The first-order chi connectivity index (χ1) is 18.0. The molecule has 0 aromatic heterocycles. The number of amides is 1. The zero-order chi connectivity index (χ0) is 27.3. The fourth-order valence-corrected chi connectivity index (χ4v) is 10.3. The number of hydrogen-bond donors (Lipinski definition) is 1. The maximum Gasteiger partial charge on any atom is 0.573 e. The molecule has 4 aliphatic carbocycles. The summed E-state index contributed by atoms with van der Waals surface area (Å²) in [6.07, 6.45) is 8.78. The Balaban J connectivity index is 1.25. The number of alkyl halides is 3. The summed E-state index contributed by atoms with van der Waals surface area (Å²) < 4.78 is 41.8. The standard InChI is InChI=1S/C32H46F3NO2/c1-5-21-18-24-27-13-12-25(31(27,4)16-14-28(24)30(3)15-7-6-11-26(21)30)20(2)19-36-29(37)22-9-8-10-23(17-22)38-32(33,34)35/h8-10,17,20-21,24-28H,5-7,11-16,18-19H2,1-4H3,(H,36,37)/t20-,21+,24?,25?,26?,27?,28+,30?,31?/m1/s1. The molecule has 4 aliphatic rings.